The summed E-state index contributed by atoms with van der Waals surface area (Å²) in [4.78, 5) is 23.0. The van der Waals surface area contributed by atoms with E-state index >= 15 is 0 Å². The number of ether oxygens (including phenoxy) is 2. The maximum atomic E-state index is 12.7. The largest absolute Gasteiger partial charge is 0.484 e. The van der Waals surface area contributed by atoms with E-state index in [1.165, 1.54) is 31.4 Å². The summed E-state index contributed by atoms with van der Waals surface area (Å²) >= 11 is 0. The van der Waals surface area contributed by atoms with Crippen molar-refractivity contribution in [1.82, 2.24) is 0 Å². The highest BCUT2D eigenvalue weighted by atomic mass is 19.1. The summed E-state index contributed by atoms with van der Waals surface area (Å²) in [7, 11) is 1.30. The van der Waals surface area contributed by atoms with Gasteiger partial charge in [-0.1, -0.05) is 0 Å². The lowest BCUT2D eigenvalue weighted by Gasteiger charge is -2.08. The van der Waals surface area contributed by atoms with Gasteiger partial charge in [0.05, 0.1) is 12.7 Å². The van der Waals surface area contributed by atoms with Crippen LogP contribution in [0.5, 0.6) is 5.75 Å². The number of benzene rings is 2. The number of hydrogen-bond acceptors (Lipinski definition) is 4. The van der Waals surface area contributed by atoms with Crippen LogP contribution in [0.1, 0.15) is 10.4 Å². The minimum atomic E-state index is -0.444. The highest BCUT2D eigenvalue weighted by molar-refractivity contribution is 5.92. The first kappa shape index (κ1) is 15.5. The Bertz CT molecular complexity index is 653. The van der Waals surface area contributed by atoms with Crippen LogP contribution in [0.4, 0.5) is 10.1 Å². The Balaban J connectivity index is 1.85. The van der Waals surface area contributed by atoms with Gasteiger partial charge in [-0.3, -0.25) is 4.79 Å². The quantitative estimate of drug-likeness (QED) is 0.862. The van der Waals surface area contributed by atoms with Gasteiger partial charge in [-0.15, -0.1) is 0 Å². The Labute approximate surface area is 126 Å². The van der Waals surface area contributed by atoms with E-state index in [1.807, 2.05) is 0 Å². The van der Waals surface area contributed by atoms with Gasteiger partial charge in [0.25, 0.3) is 5.91 Å². The average Bonchev–Trinajstić information content (AvgIpc) is 2.55. The maximum Gasteiger partial charge on any atom is 0.337 e. The number of methoxy groups -OCH3 is 1. The van der Waals surface area contributed by atoms with Crippen molar-refractivity contribution in [2.45, 2.75) is 0 Å². The number of amides is 1. The third kappa shape index (κ3) is 4.31. The number of halogens is 1. The molecule has 2 aromatic carbocycles. The standard InChI is InChI=1S/C16H14FNO4/c1-21-16(20)11-2-8-14(9-3-11)22-10-15(19)18-13-6-4-12(17)5-7-13/h2-9H,10H2,1H3,(H,18,19). The second-order valence-electron chi connectivity index (χ2n) is 4.36. The molecule has 0 radical (unpaired) electrons. The third-order valence-electron chi connectivity index (χ3n) is 2.77. The molecule has 2 rings (SSSR count). The van der Waals surface area contributed by atoms with Crippen molar-refractivity contribution in [3.63, 3.8) is 0 Å². The summed E-state index contributed by atoms with van der Waals surface area (Å²) in [6.07, 6.45) is 0. The molecule has 6 heteroatoms. The van der Waals surface area contributed by atoms with Gasteiger partial charge < -0.3 is 14.8 Å². The lowest BCUT2D eigenvalue weighted by atomic mass is 10.2. The summed E-state index contributed by atoms with van der Waals surface area (Å²) < 4.78 is 22.6. The van der Waals surface area contributed by atoms with Crippen LogP contribution >= 0.6 is 0 Å². The lowest BCUT2D eigenvalue weighted by molar-refractivity contribution is -0.118. The monoisotopic (exact) mass is 303 g/mol. The second-order valence-corrected chi connectivity index (χ2v) is 4.36. The second kappa shape index (κ2) is 7.21. The Morgan fingerprint density at radius 1 is 1.05 bits per heavy atom. The average molecular weight is 303 g/mol. The molecule has 0 aliphatic carbocycles. The normalized spacial score (nSPS) is 9.91. The van der Waals surface area contributed by atoms with Crippen LogP contribution in [0.25, 0.3) is 0 Å². The molecule has 0 atom stereocenters. The van der Waals surface area contributed by atoms with Gasteiger partial charge in [-0.05, 0) is 48.5 Å². The van der Waals surface area contributed by atoms with Gasteiger partial charge in [0.15, 0.2) is 6.61 Å². The van der Waals surface area contributed by atoms with Gasteiger partial charge in [-0.25, -0.2) is 9.18 Å². The predicted molar refractivity (Wildman–Crippen MR) is 78.3 cm³/mol. The fraction of sp³-hybridized carbons (Fsp3) is 0.125. The minimum absolute atomic E-state index is 0.199. The van der Waals surface area contributed by atoms with Crippen LogP contribution in [0.15, 0.2) is 48.5 Å². The topological polar surface area (TPSA) is 64.6 Å². The van der Waals surface area contributed by atoms with Crippen molar-refractivity contribution < 1.29 is 23.5 Å². The molecule has 0 saturated heterocycles. The molecular formula is C16H14FNO4. The lowest BCUT2D eigenvalue weighted by Crippen LogP contribution is -2.20. The molecule has 0 aromatic heterocycles. The number of carbonyl (C=O) groups excluding carboxylic acids is 2. The zero-order chi connectivity index (χ0) is 15.9. The molecule has 0 spiro atoms. The van der Waals surface area contributed by atoms with Crippen molar-refractivity contribution in [2.24, 2.45) is 0 Å². The highest BCUT2D eigenvalue weighted by Gasteiger charge is 2.07. The molecule has 0 aliphatic rings. The molecular weight excluding hydrogens is 289 g/mol. The molecule has 22 heavy (non-hydrogen) atoms. The van der Waals surface area contributed by atoms with Crippen molar-refractivity contribution >= 4 is 17.6 Å². The number of esters is 1. The molecule has 114 valence electrons. The van der Waals surface area contributed by atoms with Gasteiger partial charge in [0, 0.05) is 5.69 Å². The number of hydrogen-bond donors (Lipinski definition) is 1. The van der Waals surface area contributed by atoms with E-state index in [9.17, 15) is 14.0 Å². The van der Waals surface area contributed by atoms with Crippen LogP contribution in [-0.2, 0) is 9.53 Å². The SMILES string of the molecule is COC(=O)c1ccc(OCC(=O)Nc2ccc(F)cc2)cc1. The fourth-order valence-corrected chi connectivity index (χ4v) is 1.68. The Kier molecular flexibility index (Phi) is 5.08. The molecule has 0 bridgehead atoms. The first-order valence-corrected chi connectivity index (χ1v) is 6.45. The van der Waals surface area contributed by atoms with E-state index in [0.717, 1.165) is 0 Å². The fourth-order valence-electron chi connectivity index (χ4n) is 1.68. The molecule has 1 amide bonds. The van der Waals surface area contributed by atoms with E-state index in [4.69, 9.17) is 4.74 Å². The van der Waals surface area contributed by atoms with Gasteiger partial charge in [0.2, 0.25) is 0 Å². The molecule has 0 aliphatic heterocycles. The molecule has 0 saturated carbocycles. The summed E-state index contributed by atoms with van der Waals surface area (Å²) in [5.41, 5.74) is 0.877. The predicted octanol–water partition coefficient (Wildman–Crippen LogP) is 2.63. The molecule has 1 N–H and O–H groups in total. The van der Waals surface area contributed by atoms with Gasteiger partial charge >= 0.3 is 5.97 Å². The van der Waals surface area contributed by atoms with Crippen LogP contribution in [0.2, 0.25) is 0 Å². The smallest absolute Gasteiger partial charge is 0.337 e. The van der Waals surface area contributed by atoms with Crippen LogP contribution < -0.4 is 10.1 Å². The number of nitrogens with one attached hydrogen (secondary N) is 1. The van der Waals surface area contributed by atoms with Gasteiger partial charge in [0.1, 0.15) is 11.6 Å². The first-order chi connectivity index (χ1) is 10.6. The van der Waals surface area contributed by atoms with E-state index in [0.29, 0.717) is 17.0 Å². The Morgan fingerprint density at radius 3 is 2.27 bits per heavy atom. The zero-order valence-electron chi connectivity index (χ0n) is 11.8. The van der Waals surface area contributed by atoms with E-state index in [2.05, 4.69) is 10.1 Å². The zero-order valence-corrected chi connectivity index (χ0v) is 11.8. The minimum Gasteiger partial charge on any atom is -0.484 e. The molecule has 5 nitrogen and oxygen atoms in total. The summed E-state index contributed by atoms with van der Waals surface area (Å²) in [6.45, 7) is -0.199. The first-order valence-electron chi connectivity index (χ1n) is 6.45. The Morgan fingerprint density at radius 2 is 1.68 bits per heavy atom. The Hall–Kier alpha value is -2.89. The van der Waals surface area contributed by atoms with Crippen molar-refractivity contribution in [2.75, 3.05) is 19.0 Å². The van der Waals surface area contributed by atoms with E-state index in [-0.39, 0.29) is 18.3 Å². The molecule has 2 aromatic rings. The van der Waals surface area contributed by atoms with Crippen LogP contribution in [0, 0.1) is 5.82 Å². The summed E-state index contributed by atoms with van der Waals surface area (Å²) in [5.74, 6) is -0.744. The maximum absolute atomic E-state index is 12.7. The van der Waals surface area contributed by atoms with E-state index < -0.39 is 5.97 Å². The van der Waals surface area contributed by atoms with E-state index in [1.54, 1.807) is 24.3 Å². The highest BCUT2D eigenvalue weighted by Crippen LogP contribution is 2.13. The van der Waals surface area contributed by atoms with Crippen molar-refractivity contribution in [3.05, 3.63) is 59.9 Å². The summed E-state index contributed by atoms with van der Waals surface area (Å²) in [6, 6.07) is 11.6. The molecule has 0 unspecified atom stereocenters. The number of anilines is 1. The third-order valence-corrected chi connectivity index (χ3v) is 2.77. The van der Waals surface area contributed by atoms with Crippen molar-refractivity contribution in [3.8, 4) is 5.75 Å². The van der Waals surface area contributed by atoms with Crippen LogP contribution in [-0.4, -0.2) is 25.6 Å². The summed E-state index contributed by atoms with van der Waals surface area (Å²) in [5, 5.41) is 2.57. The molecule has 0 heterocycles. The number of carbonyl (C=O) groups is 2. The van der Waals surface area contributed by atoms with Crippen LogP contribution in [0.3, 0.4) is 0 Å². The molecule has 0 fully saturated rings. The van der Waals surface area contributed by atoms with Gasteiger partial charge in [-0.2, -0.15) is 0 Å². The van der Waals surface area contributed by atoms with Crippen molar-refractivity contribution in [1.29, 1.82) is 0 Å². The number of rotatable bonds is 5.